The third-order valence-corrected chi connectivity index (χ3v) is 6.98. The van der Waals surface area contributed by atoms with Gasteiger partial charge in [-0.15, -0.1) is 0 Å². The van der Waals surface area contributed by atoms with E-state index in [1.54, 1.807) is 14.2 Å². The summed E-state index contributed by atoms with van der Waals surface area (Å²) in [7, 11) is 3.34. The predicted molar refractivity (Wildman–Crippen MR) is 123 cm³/mol. The molecule has 2 fully saturated rings. The molecule has 0 saturated carbocycles. The molecule has 2 saturated heterocycles. The Balaban J connectivity index is 1.52. The van der Waals surface area contributed by atoms with Crippen LogP contribution in [0.5, 0.6) is 11.5 Å². The fourth-order valence-electron chi connectivity index (χ4n) is 4.94. The van der Waals surface area contributed by atoms with E-state index in [2.05, 4.69) is 24.0 Å². The molecule has 0 radical (unpaired) electrons. The highest BCUT2D eigenvalue weighted by Crippen LogP contribution is 2.35. The van der Waals surface area contributed by atoms with E-state index in [1.807, 2.05) is 41.3 Å². The Kier molecular flexibility index (Phi) is 6.81. The third-order valence-electron chi connectivity index (χ3n) is 6.98. The Hall–Kier alpha value is -2.53. The Morgan fingerprint density at radius 3 is 2.06 bits per heavy atom. The summed E-state index contributed by atoms with van der Waals surface area (Å²) in [5.41, 5.74) is 2.02. The quantitative estimate of drug-likeness (QED) is 0.696. The molecular formula is C26H34N2O3. The Morgan fingerprint density at radius 2 is 1.48 bits per heavy atom. The van der Waals surface area contributed by atoms with Crippen molar-refractivity contribution >= 4 is 5.91 Å². The second-order valence-electron chi connectivity index (χ2n) is 9.06. The zero-order valence-corrected chi connectivity index (χ0v) is 18.9. The van der Waals surface area contributed by atoms with Crippen LogP contribution in [0.2, 0.25) is 0 Å². The Morgan fingerprint density at radius 1 is 0.903 bits per heavy atom. The topological polar surface area (TPSA) is 42.0 Å². The van der Waals surface area contributed by atoms with Gasteiger partial charge in [-0.3, -0.25) is 4.79 Å². The lowest BCUT2D eigenvalue weighted by Crippen LogP contribution is -2.38. The first-order valence-electron chi connectivity index (χ1n) is 11.4. The van der Waals surface area contributed by atoms with Crippen LogP contribution in [0.15, 0.2) is 48.5 Å². The Labute approximate surface area is 185 Å². The molecule has 1 amide bonds. The van der Waals surface area contributed by atoms with Crippen molar-refractivity contribution < 1.29 is 14.3 Å². The fourth-order valence-corrected chi connectivity index (χ4v) is 4.94. The number of rotatable bonds is 6. The van der Waals surface area contributed by atoms with E-state index < -0.39 is 0 Å². The minimum absolute atomic E-state index is 0.107. The summed E-state index contributed by atoms with van der Waals surface area (Å²) < 4.78 is 10.6. The summed E-state index contributed by atoms with van der Waals surface area (Å²) >= 11 is 0. The maximum atomic E-state index is 13.3. The average molecular weight is 423 g/mol. The van der Waals surface area contributed by atoms with Gasteiger partial charge >= 0.3 is 0 Å². The second-order valence-corrected chi connectivity index (χ2v) is 9.06. The summed E-state index contributed by atoms with van der Waals surface area (Å²) in [4.78, 5) is 17.9. The molecule has 0 aromatic heterocycles. The van der Waals surface area contributed by atoms with Gasteiger partial charge in [0.1, 0.15) is 11.5 Å². The standard InChI is InChI=1S/C26H34N2O3/c1-19-12-14-27(15-13-19)16-22-17-28(26(29)21-6-10-24(31-3)11-7-21)18-25(22)20-4-8-23(30-2)9-5-20/h4-11,19,22,25H,12-18H2,1-3H3. The predicted octanol–water partition coefficient (Wildman–Crippen LogP) is 4.29. The molecule has 4 rings (SSSR count). The number of likely N-dealkylation sites (tertiary alicyclic amines) is 2. The minimum atomic E-state index is 0.107. The molecule has 0 N–H and O–H groups in total. The van der Waals surface area contributed by atoms with Gasteiger partial charge in [-0.25, -0.2) is 0 Å². The van der Waals surface area contributed by atoms with E-state index in [9.17, 15) is 4.79 Å². The highest BCUT2D eigenvalue weighted by Gasteiger charge is 2.37. The number of benzene rings is 2. The van der Waals surface area contributed by atoms with Crippen LogP contribution in [0.25, 0.3) is 0 Å². The molecule has 0 aliphatic carbocycles. The molecule has 2 aromatic carbocycles. The molecule has 2 aliphatic heterocycles. The maximum absolute atomic E-state index is 13.3. The number of amides is 1. The zero-order valence-electron chi connectivity index (χ0n) is 18.9. The molecule has 166 valence electrons. The van der Waals surface area contributed by atoms with Gasteiger partial charge < -0.3 is 19.3 Å². The minimum Gasteiger partial charge on any atom is -0.497 e. The normalized spacial score (nSPS) is 22.5. The number of piperidine rings is 1. The highest BCUT2D eigenvalue weighted by molar-refractivity contribution is 5.94. The van der Waals surface area contributed by atoms with Crippen molar-refractivity contribution in [3.8, 4) is 11.5 Å². The van der Waals surface area contributed by atoms with E-state index in [0.29, 0.717) is 11.8 Å². The molecule has 2 heterocycles. The number of carbonyl (C=O) groups is 1. The number of carbonyl (C=O) groups excluding carboxylic acids is 1. The molecule has 0 spiro atoms. The van der Waals surface area contributed by atoms with E-state index in [1.165, 1.54) is 31.5 Å². The van der Waals surface area contributed by atoms with Crippen molar-refractivity contribution in [3.63, 3.8) is 0 Å². The molecule has 2 aliphatic rings. The van der Waals surface area contributed by atoms with Crippen molar-refractivity contribution in [3.05, 3.63) is 59.7 Å². The first kappa shape index (κ1) is 21.7. The highest BCUT2D eigenvalue weighted by atomic mass is 16.5. The monoisotopic (exact) mass is 422 g/mol. The van der Waals surface area contributed by atoms with Crippen molar-refractivity contribution in [2.45, 2.75) is 25.7 Å². The second kappa shape index (κ2) is 9.73. The van der Waals surface area contributed by atoms with E-state index in [4.69, 9.17) is 9.47 Å². The molecule has 5 heteroatoms. The largest absolute Gasteiger partial charge is 0.497 e. The van der Waals surface area contributed by atoms with Gasteiger partial charge in [-0.05, 0) is 79.7 Å². The number of nitrogens with zero attached hydrogens (tertiary/aromatic N) is 2. The lowest BCUT2D eigenvalue weighted by Gasteiger charge is -2.33. The lowest BCUT2D eigenvalue weighted by atomic mass is 9.87. The molecule has 2 atom stereocenters. The summed E-state index contributed by atoms with van der Waals surface area (Å²) in [6.45, 7) is 7.29. The summed E-state index contributed by atoms with van der Waals surface area (Å²) in [5, 5.41) is 0. The first-order chi connectivity index (χ1) is 15.1. The number of hydrogen-bond acceptors (Lipinski definition) is 4. The van der Waals surface area contributed by atoms with Gasteiger partial charge in [-0.2, -0.15) is 0 Å². The van der Waals surface area contributed by atoms with Crippen molar-refractivity contribution in [1.82, 2.24) is 9.80 Å². The summed E-state index contributed by atoms with van der Waals surface area (Å²) in [5.74, 6) is 3.35. The molecule has 2 aromatic rings. The van der Waals surface area contributed by atoms with Crippen molar-refractivity contribution in [1.29, 1.82) is 0 Å². The summed E-state index contributed by atoms with van der Waals surface area (Å²) in [6.07, 6.45) is 2.54. The SMILES string of the molecule is COc1ccc(C(=O)N2CC(CN3CCC(C)CC3)C(c3ccc(OC)cc3)C2)cc1. The zero-order chi connectivity index (χ0) is 21.8. The molecule has 31 heavy (non-hydrogen) atoms. The van der Waals surface area contributed by atoms with Crippen LogP contribution in [0.1, 0.15) is 41.6 Å². The molecule has 5 nitrogen and oxygen atoms in total. The van der Waals surface area contributed by atoms with Crippen molar-refractivity contribution in [2.75, 3.05) is 46.9 Å². The number of hydrogen-bond donors (Lipinski definition) is 0. The van der Waals surface area contributed by atoms with E-state index >= 15 is 0 Å². The van der Waals surface area contributed by atoms with Gasteiger partial charge in [0.15, 0.2) is 0 Å². The smallest absolute Gasteiger partial charge is 0.253 e. The van der Waals surface area contributed by atoms with Crippen LogP contribution in [-0.2, 0) is 0 Å². The first-order valence-corrected chi connectivity index (χ1v) is 11.4. The molecule has 2 unspecified atom stereocenters. The van der Waals surface area contributed by atoms with Gasteiger partial charge in [0.25, 0.3) is 5.91 Å². The molecular weight excluding hydrogens is 388 g/mol. The van der Waals surface area contributed by atoms with E-state index in [-0.39, 0.29) is 5.91 Å². The van der Waals surface area contributed by atoms with E-state index in [0.717, 1.165) is 42.6 Å². The lowest BCUT2D eigenvalue weighted by molar-refractivity contribution is 0.0780. The van der Waals surface area contributed by atoms with Crippen LogP contribution in [-0.4, -0.2) is 62.7 Å². The van der Waals surface area contributed by atoms with Crippen molar-refractivity contribution in [2.24, 2.45) is 11.8 Å². The fraction of sp³-hybridized carbons (Fsp3) is 0.500. The molecule has 0 bridgehead atoms. The van der Waals surface area contributed by atoms with Crippen LogP contribution in [0.3, 0.4) is 0 Å². The van der Waals surface area contributed by atoms with Crippen LogP contribution < -0.4 is 9.47 Å². The van der Waals surface area contributed by atoms with Gasteiger partial charge in [0.2, 0.25) is 0 Å². The van der Waals surface area contributed by atoms with Gasteiger partial charge in [0, 0.05) is 31.1 Å². The summed E-state index contributed by atoms with van der Waals surface area (Å²) in [6, 6.07) is 15.8. The van der Waals surface area contributed by atoms with Crippen LogP contribution in [0, 0.1) is 11.8 Å². The van der Waals surface area contributed by atoms with Crippen LogP contribution >= 0.6 is 0 Å². The van der Waals surface area contributed by atoms with Crippen LogP contribution in [0.4, 0.5) is 0 Å². The maximum Gasteiger partial charge on any atom is 0.253 e. The third kappa shape index (κ3) is 5.04. The van der Waals surface area contributed by atoms with Gasteiger partial charge in [-0.1, -0.05) is 19.1 Å². The van der Waals surface area contributed by atoms with Gasteiger partial charge in [0.05, 0.1) is 14.2 Å². The number of methoxy groups -OCH3 is 2. The average Bonchev–Trinajstić information content (AvgIpc) is 3.24. The number of ether oxygens (including phenoxy) is 2. The Bertz CT molecular complexity index is 857.